The first-order valence-electron chi connectivity index (χ1n) is 5.31. The third-order valence-corrected chi connectivity index (χ3v) is 2.45. The third kappa shape index (κ3) is 3.60. The van der Waals surface area contributed by atoms with Crippen molar-refractivity contribution in [1.29, 1.82) is 0 Å². The maximum Gasteiger partial charge on any atom is 0.175 e. The molecule has 3 nitrogen and oxygen atoms in total. The second-order valence-corrected chi connectivity index (χ2v) is 4.03. The maximum absolute atomic E-state index is 9.32. The van der Waals surface area contributed by atoms with Crippen LogP contribution in [0.4, 0.5) is 5.69 Å². The van der Waals surface area contributed by atoms with Gasteiger partial charge in [0.15, 0.2) is 5.11 Å². The molecule has 0 bridgehead atoms. The van der Waals surface area contributed by atoms with Crippen LogP contribution in [0.15, 0.2) is 48.2 Å². The summed E-state index contributed by atoms with van der Waals surface area (Å²) in [6.07, 6.45) is 8.97. The highest BCUT2D eigenvalue weighted by molar-refractivity contribution is 7.80. The second kappa shape index (κ2) is 5.50. The molecule has 0 aliphatic heterocycles. The summed E-state index contributed by atoms with van der Waals surface area (Å²) in [6, 6.07) is 6.83. The van der Waals surface area contributed by atoms with Crippen LogP contribution in [0.1, 0.15) is 6.42 Å². The molecule has 1 aromatic carbocycles. The van der Waals surface area contributed by atoms with Crippen molar-refractivity contribution in [3.05, 3.63) is 54.6 Å². The van der Waals surface area contributed by atoms with Crippen LogP contribution >= 0.6 is 12.2 Å². The number of phenols is 1. The minimum absolute atomic E-state index is 0.212. The van der Waals surface area contributed by atoms with E-state index in [1.54, 1.807) is 18.2 Å². The quantitative estimate of drug-likeness (QED) is 0.701. The lowest BCUT2D eigenvalue weighted by Crippen LogP contribution is -2.27. The van der Waals surface area contributed by atoms with Crippen LogP contribution in [-0.4, -0.2) is 10.2 Å². The van der Waals surface area contributed by atoms with Gasteiger partial charge >= 0.3 is 0 Å². The zero-order valence-corrected chi connectivity index (χ0v) is 10.00. The molecule has 0 saturated heterocycles. The molecule has 1 aliphatic carbocycles. The molecule has 0 saturated carbocycles. The largest absolute Gasteiger partial charge is 0.508 e. The number of nitrogens with one attached hydrogen (secondary N) is 2. The normalized spacial score (nSPS) is 14.0. The predicted molar refractivity (Wildman–Crippen MR) is 73.6 cm³/mol. The molecule has 0 unspecified atom stereocenters. The summed E-state index contributed by atoms with van der Waals surface area (Å²) in [6.45, 7) is 0. The Labute approximate surface area is 106 Å². The van der Waals surface area contributed by atoms with Crippen molar-refractivity contribution in [3.63, 3.8) is 0 Å². The number of rotatable bonds is 2. The van der Waals surface area contributed by atoms with Gasteiger partial charge in [-0.15, -0.1) is 0 Å². The molecule has 17 heavy (non-hydrogen) atoms. The van der Waals surface area contributed by atoms with Crippen molar-refractivity contribution in [1.82, 2.24) is 5.32 Å². The highest BCUT2D eigenvalue weighted by atomic mass is 32.1. The van der Waals surface area contributed by atoms with E-state index in [4.69, 9.17) is 12.2 Å². The van der Waals surface area contributed by atoms with Gasteiger partial charge in [0.25, 0.3) is 0 Å². The van der Waals surface area contributed by atoms with Crippen molar-refractivity contribution in [2.75, 3.05) is 5.32 Å². The molecular formula is C13H13N2OS. The minimum Gasteiger partial charge on any atom is -0.508 e. The van der Waals surface area contributed by atoms with Gasteiger partial charge in [0.1, 0.15) is 5.75 Å². The average molecular weight is 245 g/mol. The summed E-state index contributed by atoms with van der Waals surface area (Å²) in [5.74, 6) is 0.212. The van der Waals surface area contributed by atoms with E-state index in [2.05, 4.69) is 23.1 Å². The number of thiocarbonyl (C=S) groups is 1. The van der Waals surface area contributed by atoms with Gasteiger partial charge in [-0.25, -0.2) is 0 Å². The van der Waals surface area contributed by atoms with Crippen molar-refractivity contribution < 1.29 is 5.11 Å². The zero-order chi connectivity index (χ0) is 12.1. The molecule has 1 aromatic rings. The molecule has 1 radical (unpaired) electrons. The van der Waals surface area contributed by atoms with E-state index in [-0.39, 0.29) is 5.75 Å². The number of aromatic hydroxyl groups is 1. The Bertz CT molecular complexity index is 480. The Balaban J connectivity index is 1.93. The van der Waals surface area contributed by atoms with Gasteiger partial charge < -0.3 is 15.7 Å². The summed E-state index contributed by atoms with van der Waals surface area (Å²) in [5, 5.41) is 15.9. The smallest absolute Gasteiger partial charge is 0.175 e. The molecule has 0 fully saturated rings. The lowest BCUT2D eigenvalue weighted by molar-refractivity contribution is 0.475. The molecule has 0 aromatic heterocycles. The van der Waals surface area contributed by atoms with E-state index >= 15 is 0 Å². The summed E-state index contributed by atoms with van der Waals surface area (Å²) in [7, 11) is 0. The molecule has 0 amide bonds. The fourth-order valence-corrected chi connectivity index (χ4v) is 1.72. The average Bonchev–Trinajstić information content (AvgIpc) is 2.30. The number of benzene rings is 1. The lowest BCUT2D eigenvalue weighted by Gasteiger charge is -2.13. The van der Waals surface area contributed by atoms with E-state index in [1.165, 1.54) is 0 Å². The summed E-state index contributed by atoms with van der Waals surface area (Å²) >= 11 is 5.17. The van der Waals surface area contributed by atoms with E-state index in [9.17, 15) is 5.11 Å². The first-order valence-corrected chi connectivity index (χ1v) is 5.72. The number of hydrogen-bond acceptors (Lipinski definition) is 2. The molecule has 1 aliphatic rings. The molecule has 4 heteroatoms. The van der Waals surface area contributed by atoms with Crippen molar-refractivity contribution in [2.24, 2.45) is 0 Å². The fraction of sp³-hybridized carbons (Fsp3) is 0.0769. The first kappa shape index (κ1) is 11.7. The van der Waals surface area contributed by atoms with Crippen molar-refractivity contribution in [3.8, 4) is 5.75 Å². The molecule has 87 valence electrons. The van der Waals surface area contributed by atoms with Gasteiger partial charge in [0, 0.05) is 17.5 Å². The van der Waals surface area contributed by atoms with Crippen LogP contribution in [0, 0.1) is 6.42 Å². The van der Waals surface area contributed by atoms with Crippen LogP contribution in [0.5, 0.6) is 5.75 Å². The predicted octanol–water partition coefficient (Wildman–Crippen LogP) is 2.73. The molecule has 2 rings (SSSR count). The first-order chi connectivity index (χ1) is 8.24. The number of anilines is 1. The van der Waals surface area contributed by atoms with Gasteiger partial charge in [0.2, 0.25) is 0 Å². The Morgan fingerprint density at radius 1 is 1.29 bits per heavy atom. The highest BCUT2D eigenvalue weighted by Crippen LogP contribution is 2.15. The number of phenolic OH excluding ortho intramolecular Hbond substituents is 1. The summed E-state index contributed by atoms with van der Waals surface area (Å²) < 4.78 is 0. The van der Waals surface area contributed by atoms with Crippen LogP contribution in [-0.2, 0) is 0 Å². The van der Waals surface area contributed by atoms with Crippen LogP contribution in [0.3, 0.4) is 0 Å². The lowest BCUT2D eigenvalue weighted by atomic mass is 10.1. The van der Waals surface area contributed by atoms with Gasteiger partial charge in [-0.2, -0.15) is 0 Å². The van der Waals surface area contributed by atoms with Gasteiger partial charge in [-0.3, -0.25) is 0 Å². The molecule has 0 atom stereocenters. The molecule has 3 N–H and O–H groups in total. The Kier molecular flexibility index (Phi) is 3.77. The van der Waals surface area contributed by atoms with Crippen molar-refractivity contribution >= 4 is 23.0 Å². The topological polar surface area (TPSA) is 44.3 Å². The molecule has 0 heterocycles. The highest BCUT2D eigenvalue weighted by Gasteiger charge is 2.01. The monoisotopic (exact) mass is 245 g/mol. The Hall–Kier alpha value is -1.81. The second-order valence-electron chi connectivity index (χ2n) is 3.62. The summed E-state index contributed by atoms with van der Waals surface area (Å²) in [4.78, 5) is 0. The minimum atomic E-state index is 0.212. The Morgan fingerprint density at radius 2 is 2.18 bits per heavy atom. The number of hydrogen-bond donors (Lipinski definition) is 3. The van der Waals surface area contributed by atoms with E-state index in [0.29, 0.717) is 5.11 Å². The molecular weight excluding hydrogens is 232 g/mol. The van der Waals surface area contributed by atoms with Crippen LogP contribution < -0.4 is 10.6 Å². The van der Waals surface area contributed by atoms with Gasteiger partial charge in [-0.05, 0) is 43.3 Å². The summed E-state index contributed by atoms with van der Waals surface area (Å²) in [5.41, 5.74) is 1.74. The van der Waals surface area contributed by atoms with Gasteiger partial charge in [-0.1, -0.05) is 18.2 Å². The van der Waals surface area contributed by atoms with Gasteiger partial charge in [0.05, 0.1) is 0 Å². The fourth-order valence-electron chi connectivity index (χ4n) is 1.48. The maximum atomic E-state index is 9.32. The Morgan fingerprint density at radius 3 is 2.88 bits per heavy atom. The van der Waals surface area contributed by atoms with Crippen molar-refractivity contribution in [2.45, 2.75) is 6.42 Å². The third-order valence-electron chi connectivity index (χ3n) is 2.25. The zero-order valence-electron chi connectivity index (χ0n) is 9.18. The van der Waals surface area contributed by atoms with E-state index < -0.39 is 0 Å². The molecule has 0 spiro atoms. The van der Waals surface area contributed by atoms with Crippen LogP contribution in [0.25, 0.3) is 0 Å². The SMILES string of the molecule is Oc1cccc(NC(=S)NC2=CC[CH]C=C2)c1. The van der Waals surface area contributed by atoms with Crippen LogP contribution in [0.2, 0.25) is 0 Å². The van der Waals surface area contributed by atoms with E-state index in [1.807, 2.05) is 18.2 Å². The number of allylic oxidation sites excluding steroid dienone is 3. The van der Waals surface area contributed by atoms with E-state index in [0.717, 1.165) is 17.8 Å². The standard InChI is InChI=1S/C13H13N2OS/c16-12-8-4-7-11(9-12)15-13(17)14-10-5-2-1-3-6-10/h1-2,4-9,16H,3H2,(H2,14,15,17).